The molecule has 0 bridgehead atoms. The highest BCUT2D eigenvalue weighted by Gasteiger charge is 2.53. The molecule has 1 aliphatic heterocycles. The zero-order valence-electron chi connectivity index (χ0n) is 11.5. The fourth-order valence-electron chi connectivity index (χ4n) is 2.72. The number of nitro benzene ring substituents is 1. The lowest BCUT2D eigenvalue weighted by Gasteiger charge is -2.20. The fourth-order valence-corrected chi connectivity index (χ4v) is 2.72. The second-order valence-corrected chi connectivity index (χ2v) is 5.20. The Labute approximate surface area is 123 Å². The molecule has 0 saturated carbocycles. The molecule has 1 saturated heterocycles. The number of nitro groups is 1. The van der Waals surface area contributed by atoms with Crippen LogP contribution in [0.3, 0.4) is 0 Å². The monoisotopic (exact) mass is 318 g/mol. The summed E-state index contributed by atoms with van der Waals surface area (Å²) in [7, 11) is 0. The molecule has 1 fully saturated rings. The topological polar surface area (TPSA) is 83.7 Å². The third-order valence-electron chi connectivity index (χ3n) is 3.80. The number of aryl methyl sites for hydroxylation is 1. The number of benzene rings is 1. The van der Waals surface area contributed by atoms with E-state index in [4.69, 9.17) is 5.11 Å². The van der Waals surface area contributed by atoms with Crippen LogP contribution in [0.5, 0.6) is 0 Å². The largest absolute Gasteiger partial charge is 0.481 e. The number of carboxylic acid groups (broad SMARTS) is 1. The van der Waals surface area contributed by atoms with Gasteiger partial charge in [-0.1, -0.05) is 12.1 Å². The number of hydrogen-bond acceptors (Lipinski definition) is 4. The van der Waals surface area contributed by atoms with Crippen LogP contribution >= 0.6 is 0 Å². The molecule has 1 aromatic carbocycles. The number of para-hydroxylation sites is 1. The maximum absolute atomic E-state index is 13.0. The predicted molar refractivity (Wildman–Crippen MR) is 70.7 cm³/mol. The number of nitrogens with zero attached hydrogens (tertiary/aromatic N) is 2. The van der Waals surface area contributed by atoms with E-state index in [-0.39, 0.29) is 11.4 Å². The molecule has 22 heavy (non-hydrogen) atoms. The van der Waals surface area contributed by atoms with E-state index in [1.807, 2.05) is 0 Å². The Hall–Kier alpha value is -2.32. The first kappa shape index (κ1) is 16.1. The lowest BCUT2D eigenvalue weighted by molar-refractivity contribution is -0.384. The molecule has 0 aliphatic carbocycles. The summed E-state index contributed by atoms with van der Waals surface area (Å²) in [6, 6.07) is 4.31. The van der Waals surface area contributed by atoms with Crippen LogP contribution in [0, 0.1) is 28.9 Å². The van der Waals surface area contributed by atoms with Gasteiger partial charge in [-0.05, 0) is 13.0 Å². The van der Waals surface area contributed by atoms with Gasteiger partial charge in [0.25, 0.3) is 5.69 Å². The molecule has 1 aromatic rings. The van der Waals surface area contributed by atoms with Gasteiger partial charge >= 0.3 is 12.1 Å². The summed E-state index contributed by atoms with van der Waals surface area (Å²) in [6.07, 6.45) is -4.67. The number of alkyl halides is 3. The zero-order chi connectivity index (χ0) is 16.7. The molecule has 1 heterocycles. The van der Waals surface area contributed by atoms with Crippen molar-refractivity contribution in [2.24, 2.45) is 11.8 Å². The van der Waals surface area contributed by atoms with Gasteiger partial charge < -0.3 is 10.0 Å². The Morgan fingerprint density at radius 1 is 1.41 bits per heavy atom. The third kappa shape index (κ3) is 2.83. The number of hydrogen-bond donors (Lipinski definition) is 1. The molecule has 1 N–H and O–H groups in total. The minimum atomic E-state index is -4.67. The van der Waals surface area contributed by atoms with Crippen molar-refractivity contribution in [3.8, 4) is 0 Å². The average molecular weight is 318 g/mol. The zero-order valence-corrected chi connectivity index (χ0v) is 11.5. The number of rotatable bonds is 3. The maximum atomic E-state index is 13.0. The summed E-state index contributed by atoms with van der Waals surface area (Å²) in [4.78, 5) is 22.7. The molecular weight excluding hydrogens is 305 g/mol. The van der Waals surface area contributed by atoms with Crippen LogP contribution in [-0.4, -0.2) is 35.3 Å². The van der Waals surface area contributed by atoms with Crippen molar-refractivity contribution in [3.05, 3.63) is 33.9 Å². The second kappa shape index (κ2) is 5.47. The van der Waals surface area contributed by atoms with Crippen LogP contribution < -0.4 is 4.90 Å². The highest BCUT2D eigenvalue weighted by atomic mass is 19.4. The first-order chi connectivity index (χ1) is 10.1. The Bertz CT molecular complexity index is 618. The van der Waals surface area contributed by atoms with E-state index in [0.29, 0.717) is 5.56 Å². The van der Waals surface area contributed by atoms with Crippen molar-refractivity contribution in [2.75, 3.05) is 18.0 Å². The molecule has 0 aromatic heterocycles. The van der Waals surface area contributed by atoms with E-state index in [0.717, 1.165) is 4.90 Å². The van der Waals surface area contributed by atoms with Gasteiger partial charge in [0.15, 0.2) is 0 Å². The molecule has 6 nitrogen and oxygen atoms in total. The van der Waals surface area contributed by atoms with Crippen LogP contribution in [0.25, 0.3) is 0 Å². The van der Waals surface area contributed by atoms with E-state index in [1.165, 1.54) is 25.1 Å². The first-order valence-corrected chi connectivity index (χ1v) is 6.41. The van der Waals surface area contributed by atoms with Gasteiger partial charge in [-0.3, -0.25) is 14.9 Å². The van der Waals surface area contributed by atoms with Crippen molar-refractivity contribution in [1.29, 1.82) is 0 Å². The Morgan fingerprint density at radius 2 is 2.05 bits per heavy atom. The lowest BCUT2D eigenvalue weighted by Crippen LogP contribution is -2.33. The molecule has 0 amide bonds. The predicted octanol–water partition coefficient (Wildman–Crippen LogP) is 2.60. The number of aliphatic carboxylic acids is 1. The molecular formula is C13H13F3N2O4. The van der Waals surface area contributed by atoms with E-state index < -0.39 is 42.0 Å². The fraction of sp³-hybridized carbons (Fsp3) is 0.462. The molecule has 1 aliphatic rings. The molecule has 0 radical (unpaired) electrons. The number of anilines is 1. The van der Waals surface area contributed by atoms with Crippen molar-refractivity contribution in [2.45, 2.75) is 13.1 Å². The molecule has 0 spiro atoms. The number of halogens is 3. The normalized spacial score (nSPS) is 21.9. The lowest BCUT2D eigenvalue weighted by atomic mass is 9.96. The van der Waals surface area contributed by atoms with Gasteiger partial charge in [-0.25, -0.2) is 0 Å². The smallest absolute Gasteiger partial charge is 0.394 e. The summed E-state index contributed by atoms with van der Waals surface area (Å²) in [5.74, 6) is -5.25. The van der Waals surface area contributed by atoms with Gasteiger partial charge in [0.1, 0.15) is 5.69 Å². The van der Waals surface area contributed by atoms with Crippen molar-refractivity contribution < 1.29 is 28.0 Å². The highest BCUT2D eigenvalue weighted by Crippen LogP contribution is 2.42. The van der Waals surface area contributed by atoms with Crippen molar-refractivity contribution in [1.82, 2.24) is 0 Å². The summed E-state index contributed by atoms with van der Waals surface area (Å²) in [5, 5.41) is 20.1. The first-order valence-electron chi connectivity index (χ1n) is 6.41. The van der Waals surface area contributed by atoms with Gasteiger partial charge in [0.05, 0.1) is 16.8 Å². The summed E-state index contributed by atoms with van der Waals surface area (Å²) < 4.78 is 38.9. The SMILES string of the molecule is Cc1cccc(N2C[C@@H](C(F)(F)F)[C@H](C(=O)O)C2)c1[N+](=O)[O-]. The van der Waals surface area contributed by atoms with Crippen LogP contribution in [0.2, 0.25) is 0 Å². The van der Waals surface area contributed by atoms with E-state index >= 15 is 0 Å². The van der Waals surface area contributed by atoms with Crippen molar-refractivity contribution >= 4 is 17.3 Å². The second-order valence-electron chi connectivity index (χ2n) is 5.20. The quantitative estimate of drug-likeness (QED) is 0.684. The Morgan fingerprint density at radius 3 is 2.50 bits per heavy atom. The Kier molecular flexibility index (Phi) is 3.99. The van der Waals surface area contributed by atoms with Crippen LogP contribution in [0.1, 0.15) is 5.56 Å². The highest BCUT2D eigenvalue weighted by molar-refractivity contribution is 5.74. The number of carboxylic acids is 1. The molecule has 0 unspecified atom stereocenters. The van der Waals surface area contributed by atoms with Gasteiger partial charge in [0, 0.05) is 18.7 Å². The van der Waals surface area contributed by atoms with Gasteiger partial charge in [-0.15, -0.1) is 0 Å². The third-order valence-corrected chi connectivity index (χ3v) is 3.80. The maximum Gasteiger partial charge on any atom is 0.394 e. The minimum Gasteiger partial charge on any atom is -0.481 e. The summed E-state index contributed by atoms with van der Waals surface area (Å²) >= 11 is 0. The van der Waals surface area contributed by atoms with Crippen LogP contribution in [0.15, 0.2) is 18.2 Å². The number of carbonyl (C=O) groups is 1. The molecule has 120 valence electrons. The van der Waals surface area contributed by atoms with E-state index in [2.05, 4.69) is 0 Å². The summed E-state index contributed by atoms with van der Waals surface area (Å²) in [5.41, 5.74) is 0.0299. The van der Waals surface area contributed by atoms with E-state index in [1.54, 1.807) is 0 Å². The molecule has 2 atom stereocenters. The molecule has 2 rings (SSSR count). The average Bonchev–Trinajstić information content (AvgIpc) is 2.82. The van der Waals surface area contributed by atoms with Crippen molar-refractivity contribution in [3.63, 3.8) is 0 Å². The van der Waals surface area contributed by atoms with Gasteiger partial charge in [-0.2, -0.15) is 13.2 Å². The minimum absolute atomic E-state index is 0.0167. The summed E-state index contributed by atoms with van der Waals surface area (Å²) in [6.45, 7) is 0.461. The van der Waals surface area contributed by atoms with Crippen LogP contribution in [0.4, 0.5) is 24.5 Å². The van der Waals surface area contributed by atoms with Gasteiger partial charge in [0.2, 0.25) is 0 Å². The van der Waals surface area contributed by atoms with E-state index in [9.17, 15) is 28.1 Å². The Balaban J connectivity index is 2.42. The van der Waals surface area contributed by atoms with Crippen LogP contribution in [-0.2, 0) is 4.79 Å². The standard InChI is InChI=1S/C13H13F3N2O4/c1-7-3-2-4-10(11(7)18(21)22)17-5-8(12(19)20)9(6-17)13(14,15)16/h2-4,8-9H,5-6H2,1H3,(H,19,20)/t8-,9-/m1/s1. The molecule has 9 heteroatoms.